The molecule has 4 aromatic rings. The first-order valence-electron chi connectivity index (χ1n) is 7.95. The van der Waals surface area contributed by atoms with Crippen LogP contribution in [0.2, 0.25) is 0 Å². The Hall–Kier alpha value is -3.20. The van der Waals surface area contributed by atoms with Crippen LogP contribution >= 0.6 is 0 Å². The van der Waals surface area contributed by atoms with Crippen LogP contribution in [0.4, 0.5) is 11.4 Å². The maximum absolute atomic E-state index is 4.38. The monoisotopic (exact) mass is 311 g/mol. The molecule has 0 bridgehead atoms. The van der Waals surface area contributed by atoms with Crippen molar-refractivity contribution >= 4 is 22.1 Å². The molecule has 3 nitrogen and oxygen atoms in total. The minimum atomic E-state index is 0.928. The molecule has 0 aliphatic heterocycles. The fraction of sp³-hybridized carbons (Fsp3) is 0.0476. The standard InChI is InChI=1S/C21H17N3/c1-15-7-5-6-10-19(15)21-20-12-11-18(13-16(20)14-22-24-21)23-17-8-3-2-4-9-17/h2-14,23H,1H3. The number of hydrogen-bond donors (Lipinski definition) is 1. The summed E-state index contributed by atoms with van der Waals surface area (Å²) in [5, 5.41) is 14.2. The van der Waals surface area contributed by atoms with E-state index in [-0.39, 0.29) is 0 Å². The molecular formula is C21H17N3. The molecule has 0 unspecified atom stereocenters. The van der Waals surface area contributed by atoms with Crippen molar-refractivity contribution < 1.29 is 0 Å². The quantitative estimate of drug-likeness (QED) is 0.554. The second-order valence-corrected chi connectivity index (χ2v) is 5.80. The van der Waals surface area contributed by atoms with Gasteiger partial charge in [-0.15, -0.1) is 5.10 Å². The number of aryl methyl sites for hydroxylation is 1. The van der Waals surface area contributed by atoms with Crippen molar-refractivity contribution in [3.05, 3.63) is 84.6 Å². The van der Waals surface area contributed by atoms with Crippen LogP contribution in [0.1, 0.15) is 5.56 Å². The molecule has 3 aromatic carbocycles. The lowest BCUT2D eigenvalue weighted by Crippen LogP contribution is -1.94. The highest BCUT2D eigenvalue weighted by atomic mass is 15.1. The molecule has 0 saturated heterocycles. The first-order valence-corrected chi connectivity index (χ1v) is 7.95. The fourth-order valence-electron chi connectivity index (χ4n) is 2.89. The van der Waals surface area contributed by atoms with Gasteiger partial charge >= 0.3 is 0 Å². The van der Waals surface area contributed by atoms with Gasteiger partial charge in [0.2, 0.25) is 0 Å². The second-order valence-electron chi connectivity index (χ2n) is 5.80. The van der Waals surface area contributed by atoms with E-state index in [9.17, 15) is 0 Å². The number of benzene rings is 3. The predicted octanol–water partition coefficient (Wildman–Crippen LogP) is 5.35. The SMILES string of the molecule is Cc1ccccc1-c1nncc2cc(Nc3ccccc3)ccc12. The minimum absolute atomic E-state index is 0.928. The van der Waals surface area contributed by atoms with Crippen LogP contribution in [0.5, 0.6) is 0 Å². The van der Waals surface area contributed by atoms with E-state index in [4.69, 9.17) is 0 Å². The summed E-state index contributed by atoms with van der Waals surface area (Å²) < 4.78 is 0. The third kappa shape index (κ3) is 2.72. The molecule has 0 radical (unpaired) electrons. The summed E-state index contributed by atoms with van der Waals surface area (Å²) >= 11 is 0. The van der Waals surface area contributed by atoms with E-state index in [1.54, 1.807) is 0 Å². The summed E-state index contributed by atoms with van der Waals surface area (Å²) in [5.41, 5.74) is 5.36. The predicted molar refractivity (Wildman–Crippen MR) is 99.4 cm³/mol. The number of fused-ring (bicyclic) bond motifs is 1. The first-order chi connectivity index (χ1) is 11.8. The third-order valence-corrected chi connectivity index (χ3v) is 4.12. The molecule has 0 aliphatic rings. The zero-order valence-corrected chi connectivity index (χ0v) is 13.4. The average molecular weight is 311 g/mol. The Labute approximate surface area is 141 Å². The van der Waals surface area contributed by atoms with E-state index in [1.165, 1.54) is 5.56 Å². The van der Waals surface area contributed by atoms with Crippen LogP contribution in [0.15, 0.2) is 79.0 Å². The number of aromatic nitrogens is 2. The number of para-hydroxylation sites is 1. The van der Waals surface area contributed by atoms with Crippen molar-refractivity contribution in [1.29, 1.82) is 0 Å². The van der Waals surface area contributed by atoms with Gasteiger partial charge in [-0.05, 0) is 42.8 Å². The molecule has 0 atom stereocenters. The molecule has 0 spiro atoms. The Bertz CT molecular complexity index is 994. The van der Waals surface area contributed by atoms with Crippen molar-refractivity contribution in [3.63, 3.8) is 0 Å². The van der Waals surface area contributed by atoms with Gasteiger partial charge in [-0.1, -0.05) is 42.5 Å². The van der Waals surface area contributed by atoms with E-state index in [0.717, 1.165) is 33.4 Å². The van der Waals surface area contributed by atoms with Gasteiger partial charge in [-0.25, -0.2) is 0 Å². The highest BCUT2D eigenvalue weighted by Gasteiger charge is 2.09. The van der Waals surface area contributed by atoms with Crippen molar-refractivity contribution in [2.24, 2.45) is 0 Å². The van der Waals surface area contributed by atoms with Crippen molar-refractivity contribution in [1.82, 2.24) is 10.2 Å². The van der Waals surface area contributed by atoms with E-state index in [0.29, 0.717) is 0 Å². The molecule has 1 aromatic heterocycles. The number of hydrogen-bond acceptors (Lipinski definition) is 3. The van der Waals surface area contributed by atoms with Gasteiger partial charge < -0.3 is 5.32 Å². The Balaban J connectivity index is 1.78. The van der Waals surface area contributed by atoms with Crippen LogP contribution in [0, 0.1) is 6.92 Å². The topological polar surface area (TPSA) is 37.8 Å². The summed E-state index contributed by atoms with van der Waals surface area (Å²) in [5.74, 6) is 0. The van der Waals surface area contributed by atoms with Gasteiger partial charge in [-0.2, -0.15) is 5.10 Å². The lowest BCUT2D eigenvalue weighted by Gasteiger charge is -2.10. The highest BCUT2D eigenvalue weighted by molar-refractivity contribution is 5.96. The zero-order valence-electron chi connectivity index (χ0n) is 13.4. The Morgan fingerprint density at radius 3 is 2.42 bits per heavy atom. The third-order valence-electron chi connectivity index (χ3n) is 4.12. The van der Waals surface area contributed by atoms with Crippen molar-refractivity contribution in [3.8, 4) is 11.3 Å². The van der Waals surface area contributed by atoms with E-state index in [2.05, 4.69) is 52.8 Å². The summed E-state index contributed by atoms with van der Waals surface area (Å²) in [7, 11) is 0. The van der Waals surface area contributed by atoms with E-state index >= 15 is 0 Å². The number of nitrogens with zero attached hydrogens (tertiary/aromatic N) is 2. The van der Waals surface area contributed by atoms with Crippen molar-refractivity contribution in [2.75, 3.05) is 5.32 Å². The Kier molecular flexibility index (Phi) is 3.67. The average Bonchev–Trinajstić information content (AvgIpc) is 2.62. The van der Waals surface area contributed by atoms with Crippen LogP contribution in [0.25, 0.3) is 22.0 Å². The number of rotatable bonds is 3. The smallest absolute Gasteiger partial charge is 0.101 e. The number of nitrogens with one attached hydrogen (secondary N) is 1. The first kappa shape index (κ1) is 14.4. The summed E-state index contributed by atoms with van der Waals surface area (Å²) in [6.45, 7) is 2.10. The molecule has 116 valence electrons. The summed E-state index contributed by atoms with van der Waals surface area (Å²) in [6.07, 6.45) is 1.81. The van der Waals surface area contributed by atoms with Gasteiger partial charge in [0.1, 0.15) is 5.69 Å². The molecule has 0 amide bonds. The van der Waals surface area contributed by atoms with Gasteiger partial charge in [0.15, 0.2) is 0 Å². The zero-order chi connectivity index (χ0) is 16.4. The van der Waals surface area contributed by atoms with Crippen molar-refractivity contribution in [2.45, 2.75) is 6.92 Å². The van der Waals surface area contributed by atoms with Gasteiger partial charge in [0, 0.05) is 27.7 Å². The second kappa shape index (κ2) is 6.13. The van der Waals surface area contributed by atoms with E-state index < -0.39 is 0 Å². The Morgan fingerprint density at radius 1 is 0.792 bits per heavy atom. The lowest BCUT2D eigenvalue weighted by molar-refractivity contribution is 1.05. The molecule has 0 aliphatic carbocycles. The highest BCUT2D eigenvalue weighted by Crippen LogP contribution is 2.30. The summed E-state index contributed by atoms with van der Waals surface area (Å²) in [4.78, 5) is 0. The maximum Gasteiger partial charge on any atom is 0.101 e. The van der Waals surface area contributed by atoms with Gasteiger partial charge in [-0.3, -0.25) is 0 Å². The molecular weight excluding hydrogens is 294 g/mol. The molecule has 24 heavy (non-hydrogen) atoms. The van der Waals surface area contributed by atoms with Gasteiger partial charge in [0.05, 0.1) is 6.20 Å². The molecule has 0 fully saturated rings. The van der Waals surface area contributed by atoms with Crippen LogP contribution in [0.3, 0.4) is 0 Å². The molecule has 4 rings (SSSR count). The molecule has 1 heterocycles. The lowest BCUT2D eigenvalue weighted by atomic mass is 10.0. The molecule has 1 N–H and O–H groups in total. The van der Waals surface area contributed by atoms with Crippen LogP contribution in [-0.2, 0) is 0 Å². The Morgan fingerprint density at radius 2 is 1.58 bits per heavy atom. The largest absolute Gasteiger partial charge is 0.356 e. The van der Waals surface area contributed by atoms with Crippen LogP contribution < -0.4 is 5.32 Å². The number of anilines is 2. The molecule has 3 heteroatoms. The van der Waals surface area contributed by atoms with Crippen LogP contribution in [-0.4, -0.2) is 10.2 Å². The minimum Gasteiger partial charge on any atom is -0.356 e. The molecule has 0 saturated carbocycles. The maximum atomic E-state index is 4.38. The fourth-order valence-corrected chi connectivity index (χ4v) is 2.89. The summed E-state index contributed by atoms with van der Waals surface area (Å²) in [6, 6.07) is 24.7. The van der Waals surface area contributed by atoms with Gasteiger partial charge in [0.25, 0.3) is 0 Å². The van der Waals surface area contributed by atoms with E-state index in [1.807, 2.05) is 48.7 Å². The normalized spacial score (nSPS) is 10.7.